The van der Waals surface area contributed by atoms with Crippen LogP contribution in [0.15, 0.2) is 207 Å². The SMILES string of the molecule is Fc1ccc2c(-c3ccc4ccccc4c3)c3cc(-c4ccc(-c5cc(-c6ccccn6)nc(-c6ccccn6)c5)cc4)ccc3c(-c3ccc4ccccc4c3)c2c1. The zero-order chi connectivity index (χ0) is 39.3. The zero-order valence-electron chi connectivity index (χ0n) is 31.8. The van der Waals surface area contributed by atoms with E-state index in [1.54, 1.807) is 24.5 Å². The molecule has 0 saturated heterocycles. The second-order valence-electron chi connectivity index (χ2n) is 15.0. The molecule has 8 aromatic carbocycles. The van der Waals surface area contributed by atoms with Crippen molar-refractivity contribution in [3.63, 3.8) is 0 Å². The molecule has 11 aromatic rings. The van der Waals surface area contributed by atoms with E-state index in [1.165, 1.54) is 10.8 Å². The van der Waals surface area contributed by atoms with Crippen molar-refractivity contribution in [1.29, 1.82) is 0 Å². The number of aromatic nitrogens is 3. The molecule has 0 bridgehead atoms. The van der Waals surface area contributed by atoms with Gasteiger partial charge in [-0.15, -0.1) is 0 Å². The zero-order valence-corrected chi connectivity index (χ0v) is 31.8. The summed E-state index contributed by atoms with van der Waals surface area (Å²) in [5.74, 6) is -0.256. The fraction of sp³-hybridized carbons (Fsp3) is 0. The van der Waals surface area contributed by atoms with Gasteiger partial charge >= 0.3 is 0 Å². The monoisotopic (exact) mass is 755 g/mol. The summed E-state index contributed by atoms with van der Waals surface area (Å²) < 4.78 is 15.4. The van der Waals surface area contributed by atoms with Gasteiger partial charge in [0.05, 0.1) is 22.8 Å². The minimum absolute atomic E-state index is 0.256. The van der Waals surface area contributed by atoms with E-state index in [1.807, 2.05) is 42.5 Å². The van der Waals surface area contributed by atoms with Crippen LogP contribution in [0.5, 0.6) is 0 Å². The number of hydrogen-bond donors (Lipinski definition) is 0. The largest absolute Gasteiger partial charge is 0.255 e. The summed E-state index contributed by atoms with van der Waals surface area (Å²) >= 11 is 0. The van der Waals surface area contributed by atoms with Gasteiger partial charge in [0, 0.05) is 12.4 Å². The highest BCUT2D eigenvalue weighted by molar-refractivity contribution is 6.22. The number of fused-ring (bicyclic) bond motifs is 4. The van der Waals surface area contributed by atoms with Crippen LogP contribution in [0, 0.1) is 5.82 Å². The van der Waals surface area contributed by atoms with Crippen LogP contribution in [0.25, 0.3) is 110 Å². The number of pyridine rings is 3. The lowest BCUT2D eigenvalue weighted by atomic mass is 9.84. The summed E-state index contributed by atoms with van der Waals surface area (Å²) in [6.07, 6.45) is 3.58. The Morgan fingerprint density at radius 1 is 0.288 bits per heavy atom. The first kappa shape index (κ1) is 34.4. The average Bonchev–Trinajstić information content (AvgIpc) is 3.30. The second-order valence-corrected chi connectivity index (χ2v) is 15.0. The van der Waals surface area contributed by atoms with Gasteiger partial charge < -0.3 is 0 Å². The molecule has 0 aliphatic rings. The van der Waals surface area contributed by atoms with Crippen LogP contribution in [-0.2, 0) is 0 Å². The van der Waals surface area contributed by atoms with E-state index in [-0.39, 0.29) is 5.82 Å². The minimum atomic E-state index is -0.256. The normalized spacial score (nSPS) is 11.5. The van der Waals surface area contributed by atoms with Crippen LogP contribution < -0.4 is 0 Å². The standard InChI is InChI=1S/C55H34FN3/c56-45-24-26-47-49(34-45)55(43-22-20-36-10-2-4-12-40(36)30-43)46-25-23-41(31-48(46)54(47)42-21-19-35-9-1-3-11-39(35)29-42)37-15-17-38(18-16-37)44-32-52(50-13-5-7-27-57-50)59-53(33-44)51-14-6-8-28-58-51/h1-34H. The molecule has 0 aliphatic heterocycles. The number of rotatable bonds is 6. The fourth-order valence-corrected chi connectivity index (χ4v) is 8.54. The minimum Gasteiger partial charge on any atom is -0.255 e. The van der Waals surface area contributed by atoms with Gasteiger partial charge in [0.15, 0.2) is 0 Å². The number of benzene rings is 8. The molecular formula is C55H34FN3. The average molecular weight is 756 g/mol. The Balaban J connectivity index is 1.10. The van der Waals surface area contributed by atoms with Crippen LogP contribution in [-0.4, -0.2) is 15.0 Å². The summed E-state index contributed by atoms with van der Waals surface area (Å²) in [5.41, 5.74) is 11.7. The van der Waals surface area contributed by atoms with Gasteiger partial charge in [-0.3, -0.25) is 9.97 Å². The van der Waals surface area contributed by atoms with Gasteiger partial charge in [-0.25, -0.2) is 9.37 Å². The van der Waals surface area contributed by atoms with E-state index in [0.29, 0.717) is 0 Å². The molecule has 0 unspecified atom stereocenters. The maximum atomic E-state index is 15.4. The van der Waals surface area contributed by atoms with Crippen molar-refractivity contribution in [2.45, 2.75) is 0 Å². The summed E-state index contributed by atoms with van der Waals surface area (Å²) in [5, 5.41) is 8.73. The first-order valence-corrected chi connectivity index (χ1v) is 19.8. The maximum Gasteiger partial charge on any atom is 0.123 e. The van der Waals surface area contributed by atoms with Crippen molar-refractivity contribution in [2.75, 3.05) is 0 Å². The third-order valence-electron chi connectivity index (χ3n) is 11.4. The molecule has 0 amide bonds. The summed E-state index contributed by atoms with van der Waals surface area (Å²) in [6, 6.07) is 66.7. The Morgan fingerprint density at radius 2 is 0.746 bits per heavy atom. The summed E-state index contributed by atoms with van der Waals surface area (Å²) in [4.78, 5) is 14.2. The maximum absolute atomic E-state index is 15.4. The van der Waals surface area contributed by atoms with E-state index >= 15 is 4.39 Å². The Hall–Kier alpha value is -7.82. The van der Waals surface area contributed by atoms with E-state index in [9.17, 15) is 0 Å². The molecule has 3 heterocycles. The van der Waals surface area contributed by atoms with Gasteiger partial charge in [0.1, 0.15) is 5.82 Å². The molecule has 11 rings (SSSR count). The van der Waals surface area contributed by atoms with Gasteiger partial charge in [-0.05, 0) is 154 Å². The Bertz CT molecular complexity index is 3320. The van der Waals surface area contributed by atoms with E-state index in [4.69, 9.17) is 4.98 Å². The molecule has 0 atom stereocenters. The van der Waals surface area contributed by atoms with E-state index < -0.39 is 0 Å². The van der Waals surface area contributed by atoms with E-state index in [2.05, 4.69) is 149 Å². The van der Waals surface area contributed by atoms with Crippen LogP contribution in [0.2, 0.25) is 0 Å². The van der Waals surface area contributed by atoms with Gasteiger partial charge in [0.2, 0.25) is 0 Å². The predicted octanol–water partition coefficient (Wildman–Crippen LogP) is 14.6. The highest BCUT2D eigenvalue weighted by atomic mass is 19.1. The molecule has 276 valence electrons. The van der Waals surface area contributed by atoms with Crippen molar-refractivity contribution < 1.29 is 4.39 Å². The fourth-order valence-electron chi connectivity index (χ4n) is 8.54. The number of halogens is 1. The summed E-state index contributed by atoms with van der Waals surface area (Å²) in [7, 11) is 0. The molecule has 3 aromatic heterocycles. The second kappa shape index (κ2) is 14.3. The van der Waals surface area contributed by atoms with Crippen LogP contribution in [0.4, 0.5) is 4.39 Å². The summed E-state index contributed by atoms with van der Waals surface area (Å²) in [6.45, 7) is 0. The van der Waals surface area contributed by atoms with E-state index in [0.717, 1.165) is 99.6 Å². The van der Waals surface area contributed by atoms with Crippen molar-refractivity contribution in [1.82, 2.24) is 15.0 Å². The first-order chi connectivity index (χ1) is 29.1. The van der Waals surface area contributed by atoms with Crippen molar-refractivity contribution in [3.05, 3.63) is 212 Å². The predicted molar refractivity (Wildman–Crippen MR) is 242 cm³/mol. The third-order valence-corrected chi connectivity index (χ3v) is 11.4. The van der Waals surface area contributed by atoms with Crippen molar-refractivity contribution in [3.8, 4) is 67.3 Å². The smallest absolute Gasteiger partial charge is 0.123 e. The van der Waals surface area contributed by atoms with Gasteiger partial charge in [-0.1, -0.05) is 127 Å². The van der Waals surface area contributed by atoms with Crippen molar-refractivity contribution >= 4 is 43.1 Å². The lowest BCUT2D eigenvalue weighted by molar-refractivity contribution is 0.630. The Kier molecular flexibility index (Phi) is 8.34. The molecule has 0 fully saturated rings. The Morgan fingerprint density at radius 3 is 1.29 bits per heavy atom. The van der Waals surface area contributed by atoms with Gasteiger partial charge in [-0.2, -0.15) is 0 Å². The molecule has 0 N–H and O–H groups in total. The lowest BCUT2D eigenvalue weighted by Gasteiger charge is -2.19. The van der Waals surface area contributed by atoms with Crippen LogP contribution in [0.3, 0.4) is 0 Å². The molecule has 3 nitrogen and oxygen atoms in total. The first-order valence-electron chi connectivity index (χ1n) is 19.8. The highest BCUT2D eigenvalue weighted by Crippen LogP contribution is 2.46. The van der Waals surface area contributed by atoms with Crippen LogP contribution in [0.1, 0.15) is 0 Å². The third kappa shape index (κ3) is 6.28. The molecule has 59 heavy (non-hydrogen) atoms. The Labute approximate surface area is 340 Å². The molecule has 4 heteroatoms. The highest BCUT2D eigenvalue weighted by Gasteiger charge is 2.19. The lowest BCUT2D eigenvalue weighted by Crippen LogP contribution is -1.94. The molecular weight excluding hydrogens is 722 g/mol. The molecule has 0 radical (unpaired) electrons. The molecule has 0 spiro atoms. The number of nitrogens with zero attached hydrogens (tertiary/aromatic N) is 3. The molecule has 0 aliphatic carbocycles. The van der Waals surface area contributed by atoms with Gasteiger partial charge in [0.25, 0.3) is 0 Å². The van der Waals surface area contributed by atoms with Crippen LogP contribution >= 0.6 is 0 Å². The van der Waals surface area contributed by atoms with Crippen molar-refractivity contribution in [2.24, 2.45) is 0 Å². The topological polar surface area (TPSA) is 38.7 Å². The quantitative estimate of drug-likeness (QED) is 0.159. The molecule has 0 saturated carbocycles. The number of hydrogen-bond acceptors (Lipinski definition) is 3.